The van der Waals surface area contributed by atoms with E-state index in [0.717, 1.165) is 25.7 Å². The highest BCUT2D eigenvalue weighted by Crippen LogP contribution is 2.33. The van der Waals surface area contributed by atoms with Crippen LogP contribution in [0.15, 0.2) is 16.6 Å². The maximum absolute atomic E-state index is 14.1. The number of nitriles is 1. The van der Waals surface area contributed by atoms with E-state index < -0.39 is 11.4 Å². The van der Waals surface area contributed by atoms with E-state index in [2.05, 4.69) is 28.2 Å². The quantitative estimate of drug-likeness (QED) is 0.879. The van der Waals surface area contributed by atoms with Gasteiger partial charge < -0.3 is 10.4 Å². The fraction of sp³-hybridized carbons (Fsp3) is 0.533. The molecule has 2 N–H and O–H groups in total. The summed E-state index contributed by atoms with van der Waals surface area (Å²) < 4.78 is 14.2. The number of halogens is 2. The van der Waals surface area contributed by atoms with Gasteiger partial charge in [-0.15, -0.1) is 0 Å². The minimum atomic E-state index is -0.773. The Kier molecular flexibility index (Phi) is 4.66. The summed E-state index contributed by atoms with van der Waals surface area (Å²) in [5, 5.41) is 22.3. The molecule has 20 heavy (non-hydrogen) atoms. The maximum Gasteiger partial charge on any atom is 0.161 e. The molecule has 108 valence electrons. The van der Waals surface area contributed by atoms with Crippen LogP contribution in [0.25, 0.3) is 0 Å². The van der Waals surface area contributed by atoms with Crippen molar-refractivity contribution in [3.8, 4) is 6.07 Å². The van der Waals surface area contributed by atoms with Gasteiger partial charge >= 0.3 is 0 Å². The molecule has 2 rings (SSSR count). The van der Waals surface area contributed by atoms with Crippen LogP contribution in [0, 0.1) is 23.1 Å². The van der Waals surface area contributed by atoms with Gasteiger partial charge in [-0.25, -0.2) is 4.39 Å². The van der Waals surface area contributed by atoms with Gasteiger partial charge in [0.05, 0.1) is 21.3 Å². The van der Waals surface area contributed by atoms with Gasteiger partial charge in [0.25, 0.3) is 0 Å². The Hall–Kier alpha value is -1.12. The van der Waals surface area contributed by atoms with E-state index in [1.54, 1.807) is 6.07 Å². The molecule has 1 aromatic carbocycles. The number of hydrogen-bond donors (Lipinski definition) is 2. The zero-order valence-electron chi connectivity index (χ0n) is 11.4. The zero-order valence-corrected chi connectivity index (χ0v) is 13.0. The van der Waals surface area contributed by atoms with Gasteiger partial charge in [0.1, 0.15) is 6.07 Å². The summed E-state index contributed by atoms with van der Waals surface area (Å²) in [7, 11) is 0. The van der Waals surface area contributed by atoms with E-state index >= 15 is 0 Å². The normalized spacial score (nSPS) is 26.1. The Morgan fingerprint density at radius 3 is 3.00 bits per heavy atom. The Labute approximate surface area is 126 Å². The minimum Gasteiger partial charge on any atom is -0.388 e. The van der Waals surface area contributed by atoms with Crippen LogP contribution in [0.4, 0.5) is 10.1 Å². The molecule has 1 aromatic rings. The van der Waals surface area contributed by atoms with E-state index in [1.807, 2.05) is 6.07 Å². The lowest BCUT2D eigenvalue weighted by Gasteiger charge is -2.36. The molecule has 0 amide bonds. The Morgan fingerprint density at radius 2 is 2.35 bits per heavy atom. The lowest BCUT2D eigenvalue weighted by Crippen LogP contribution is -2.41. The maximum atomic E-state index is 14.1. The first kappa shape index (κ1) is 15.3. The summed E-state index contributed by atoms with van der Waals surface area (Å²) in [5.74, 6) is 0.00426. The third-order valence-corrected chi connectivity index (χ3v) is 4.65. The Bertz CT molecular complexity index is 543. The number of nitrogens with zero attached hydrogens (tertiary/aromatic N) is 1. The SMILES string of the molecule is CC1CCCC(O)(CNc2ccc(C#N)c(Br)c2F)C1. The number of anilines is 1. The minimum absolute atomic E-state index is 0.161. The predicted molar refractivity (Wildman–Crippen MR) is 79.9 cm³/mol. The lowest BCUT2D eigenvalue weighted by atomic mass is 9.79. The molecule has 1 aliphatic rings. The monoisotopic (exact) mass is 340 g/mol. The van der Waals surface area contributed by atoms with Crippen molar-refractivity contribution in [1.82, 2.24) is 0 Å². The van der Waals surface area contributed by atoms with Crippen molar-refractivity contribution in [1.29, 1.82) is 5.26 Å². The van der Waals surface area contributed by atoms with E-state index in [9.17, 15) is 9.50 Å². The van der Waals surface area contributed by atoms with Crippen molar-refractivity contribution in [2.24, 2.45) is 5.92 Å². The van der Waals surface area contributed by atoms with Crippen molar-refractivity contribution < 1.29 is 9.50 Å². The van der Waals surface area contributed by atoms with Crippen molar-refractivity contribution in [3.05, 3.63) is 28.0 Å². The first-order valence-corrected chi connectivity index (χ1v) is 7.59. The molecule has 2 atom stereocenters. The summed E-state index contributed by atoms with van der Waals surface area (Å²) in [6.45, 7) is 2.45. The van der Waals surface area contributed by atoms with Gasteiger partial charge in [-0.05, 0) is 46.8 Å². The molecule has 0 saturated heterocycles. The van der Waals surface area contributed by atoms with Gasteiger partial charge in [0, 0.05) is 6.54 Å². The average Bonchev–Trinajstić information content (AvgIpc) is 2.40. The van der Waals surface area contributed by atoms with Crippen LogP contribution in [0.2, 0.25) is 0 Å². The molecule has 2 unspecified atom stereocenters. The zero-order chi connectivity index (χ0) is 14.8. The van der Waals surface area contributed by atoms with Crippen LogP contribution < -0.4 is 5.32 Å². The first-order chi connectivity index (χ1) is 9.45. The van der Waals surface area contributed by atoms with Gasteiger partial charge in [0.2, 0.25) is 0 Å². The molecule has 1 saturated carbocycles. The first-order valence-electron chi connectivity index (χ1n) is 6.79. The third-order valence-electron chi connectivity index (χ3n) is 3.88. The van der Waals surface area contributed by atoms with Gasteiger partial charge in [-0.1, -0.05) is 19.8 Å². The van der Waals surface area contributed by atoms with E-state index in [4.69, 9.17) is 5.26 Å². The van der Waals surface area contributed by atoms with Crippen molar-refractivity contribution in [3.63, 3.8) is 0 Å². The molecule has 0 radical (unpaired) electrons. The fourth-order valence-corrected chi connectivity index (χ4v) is 3.26. The molecule has 1 aliphatic carbocycles. The fourth-order valence-electron chi connectivity index (χ4n) is 2.82. The van der Waals surface area contributed by atoms with Crippen LogP contribution >= 0.6 is 15.9 Å². The largest absolute Gasteiger partial charge is 0.388 e. The second kappa shape index (κ2) is 6.11. The summed E-state index contributed by atoms with van der Waals surface area (Å²) in [4.78, 5) is 0. The standard InChI is InChI=1S/C15H18BrFN2O/c1-10-3-2-6-15(20,7-10)9-19-12-5-4-11(8-18)13(16)14(12)17/h4-5,10,19-20H,2-3,6-7,9H2,1H3. The van der Waals surface area contributed by atoms with Crippen molar-refractivity contribution in [2.75, 3.05) is 11.9 Å². The second-order valence-electron chi connectivity index (χ2n) is 5.68. The van der Waals surface area contributed by atoms with Crippen LogP contribution in [0.3, 0.4) is 0 Å². The summed E-state index contributed by atoms with van der Waals surface area (Å²) >= 11 is 3.08. The van der Waals surface area contributed by atoms with E-state index in [-0.39, 0.29) is 10.0 Å². The number of benzene rings is 1. The lowest BCUT2D eigenvalue weighted by molar-refractivity contribution is -0.000803. The molecule has 0 bridgehead atoms. The third kappa shape index (κ3) is 3.31. The highest BCUT2D eigenvalue weighted by atomic mass is 79.9. The van der Waals surface area contributed by atoms with Crippen LogP contribution in [0.5, 0.6) is 0 Å². The molecule has 1 fully saturated rings. The Morgan fingerprint density at radius 1 is 1.60 bits per heavy atom. The van der Waals surface area contributed by atoms with Crippen molar-refractivity contribution >= 4 is 21.6 Å². The molecule has 0 heterocycles. The van der Waals surface area contributed by atoms with E-state index in [1.165, 1.54) is 6.07 Å². The predicted octanol–water partition coefficient (Wildman–Crippen LogP) is 3.81. The van der Waals surface area contributed by atoms with Crippen LogP contribution in [-0.4, -0.2) is 17.3 Å². The van der Waals surface area contributed by atoms with E-state index in [0.29, 0.717) is 18.2 Å². The molecule has 5 heteroatoms. The molecule has 0 aliphatic heterocycles. The summed E-state index contributed by atoms with van der Waals surface area (Å²) in [5.41, 5.74) is -0.203. The van der Waals surface area contributed by atoms with Crippen LogP contribution in [-0.2, 0) is 0 Å². The molecule has 3 nitrogen and oxygen atoms in total. The smallest absolute Gasteiger partial charge is 0.161 e. The highest BCUT2D eigenvalue weighted by molar-refractivity contribution is 9.10. The summed E-state index contributed by atoms with van der Waals surface area (Å²) in [6, 6.07) is 5.01. The molecule has 0 spiro atoms. The van der Waals surface area contributed by atoms with Gasteiger partial charge in [-0.2, -0.15) is 5.26 Å². The number of aliphatic hydroxyl groups is 1. The van der Waals surface area contributed by atoms with Crippen LogP contribution in [0.1, 0.15) is 38.2 Å². The topological polar surface area (TPSA) is 56.0 Å². The second-order valence-corrected chi connectivity index (χ2v) is 6.47. The number of nitrogens with one attached hydrogen (secondary N) is 1. The van der Waals surface area contributed by atoms with Gasteiger partial charge in [0.15, 0.2) is 5.82 Å². The van der Waals surface area contributed by atoms with Crippen molar-refractivity contribution in [2.45, 2.75) is 38.2 Å². The highest BCUT2D eigenvalue weighted by Gasteiger charge is 2.32. The summed E-state index contributed by atoms with van der Waals surface area (Å²) in [6.07, 6.45) is 3.61. The number of rotatable bonds is 3. The van der Waals surface area contributed by atoms with Gasteiger partial charge in [-0.3, -0.25) is 0 Å². The number of hydrogen-bond acceptors (Lipinski definition) is 3. The molecule has 0 aromatic heterocycles. The molecular weight excluding hydrogens is 323 g/mol. The Balaban J connectivity index is 2.08. The average molecular weight is 341 g/mol. The molecular formula is C15H18BrFN2O.